The molecule has 0 atom stereocenters. The van der Waals surface area contributed by atoms with E-state index in [-0.39, 0.29) is 16.4 Å². The van der Waals surface area contributed by atoms with Crippen LogP contribution in [0.5, 0.6) is 17.2 Å². The van der Waals surface area contributed by atoms with Crippen LogP contribution in [-0.4, -0.2) is 18.1 Å². The second kappa shape index (κ2) is 12.6. The highest BCUT2D eigenvalue weighted by atomic mass is 32.2. The predicted molar refractivity (Wildman–Crippen MR) is 120 cm³/mol. The molecular formula is C24H34O5S. The second-order valence-electron chi connectivity index (χ2n) is 7.75. The second-order valence-corrected chi connectivity index (χ2v) is 9.14. The molecule has 2 aromatic carbocycles. The zero-order valence-corrected chi connectivity index (χ0v) is 18.7. The number of phenols is 1. The maximum Gasteiger partial charge on any atom is 0.294 e. The fourth-order valence-electron chi connectivity index (χ4n) is 3.53. The molecule has 0 unspecified atom stereocenters. The Labute approximate surface area is 180 Å². The lowest BCUT2D eigenvalue weighted by Gasteiger charge is -2.13. The van der Waals surface area contributed by atoms with Crippen LogP contribution in [0, 0.1) is 0 Å². The monoisotopic (exact) mass is 434 g/mol. The Kier molecular flexibility index (Phi) is 10.2. The van der Waals surface area contributed by atoms with Crippen molar-refractivity contribution >= 4 is 10.1 Å². The van der Waals surface area contributed by atoms with Crippen molar-refractivity contribution in [2.75, 3.05) is 0 Å². The van der Waals surface area contributed by atoms with Gasteiger partial charge >= 0.3 is 0 Å². The fraction of sp³-hybridized carbons (Fsp3) is 0.500. The first-order valence-corrected chi connectivity index (χ1v) is 12.4. The largest absolute Gasteiger partial charge is 0.504 e. The Hall–Kier alpha value is -2.05. The Morgan fingerprint density at radius 3 is 1.97 bits per heavy atom. The van der Waals surface area contributed by atoms with Gasteiger partial charge in [0.1, 0.15) is 10.6 Å². The van der Waals surface area contributed by atoms with Crippen molar-refractivity contribution in [1.29, 1.82) is 0 Å². The molecule has 0 aromatic heterocycles. The number of rotatable bonds is 14. The average molecular weight is 435 g/mol. The number of benzene rings is 2. The number of phenolic OH excluding ortho intramolecular Hbond substituents is 1. The van der Waals surface area contributed by atoms with Crippen LogP contribution in [0.25, 0.3) is 0 Å². The molecule has 2 N–H and O–H groups in total. The summed E-state index contributed by atoms with van der Waals surface area (Å²) in [6.45, 7) is 2.22. The van der Waals surface area contributed by atoms with Gasteiger partial charge in [0.05, 0.1) is 0 Å². The van der Waals surface area contributed by atoms with E-state index in [1.807, 2.05) is 18.2 Å². The van der Waals surface area contributed by atoms with Gasteiger partial charge in [-0.1, -0.05) is 82.9 Å². The van der Waals surface area contributed by atoms with Gasteiger partial charge in [0.15, 0.2) is 11.5 Å². The summed E-state index contributed by atoms with van der Waals surface area (Å²) in [6.07, 6.45) is 12.3. The van der Waals surface area contributed by atoms with Gasteiger partial charge in [-0.3, -0.25) is 4.55 Å². The van der Waals surface area contributed by atoms with Crippen LogP contribution < -0.4 is 4.74 Å². The first kappa shape index (κ1) is 24.2. The quantitative estimate of drug-likeness (QED) is 0.250. The fourth-order valence-corrected chi connectivity index (χ4v) is 4.28. The van der Waals surface area contributed by atoms with Crippen LogP contribution in [0.4, 0.5) is 0 Å². The summed E-state index contributed by atoms with van der Waals surface area (Å²) in [4.78, 5) is -0.253. The first-order valence-electron chi connectivity index (χ1n) is 11.0. The minimum Gasteiger partial charge on any atom is -0.504 e. The van der Waals surface area contributed by atoms with Crippen molar-refractivity contribution in [3.63, 3.8) is 0 Å². The maximum atomic E-state index is 11.8. The van der Waals surface area contributed by atoms with Gasteiger partial charge in [0.2, 0.25) is 0 Å². The highest BCUT2D eigenvalue weighted by Crippen LogP contribution is 2.35. The molecule has 6 heteroatoms. The Morgan fingerprint density at radius 2 is 1.40 bits per heavy atom. The van der Waals surface area contributed by atoms with E-state index in [1.165, 1.54) is 51.0 Å². The standard InChI is InChI=1S/C24H34O5S/c1-2-3-4-5-6-7-8-9-10-12-15-20-18-23(29-21-16-13-11-14-17-21)22(25)19-24(20)30(26,27)28/h11,13-14,16-19,25H,2-10,12,15H2,1H3,(H,26,27,28). The zero-order valence-electron chi connectivity index (χ0n) is 17.8. The Morgan fingerprint density at radius 1 is 0.833 bits per heavy atom. The number of aryl methyl sites for hydroxylation is 1. The summed E-state index contributed by atoms with van der Waals surface area (Å²) in [5, 5.41) is 10.2. The topological polar surface area (TPSA) is 83.8 Å². The predicted octanol–water partition coefficient (Wildman–Crippen LogP) is 6.89. The van der Waals surface area contributed by atoms with Gasteiger partial charge < -0.3 is 9.84 Å². The molecule has 2 aromatic rings. The SMILES string of the molecule is CCCCCCCCCCCCc1cc(Oc2ccccc2)c(O)cc1S(=O)(=O)O. The highest BCUT2D eigenvalue weighted by molar-refractivity contribution is 7.85. The molecule has 0 heterocycles. The van der Waals surface area contributed by atoms with E-state index in [4.69, 9.17) is 4.74 Å². The maximum absolute atomic E-state index is 11.8. The zero-order chi connectivity index (χ0) is 21.8. The smallest absolute Gasteiger partial charge is 0.294 e. The van der Waals surface area contributed by atoms with E-state index < -0.39 is 10.1 Å². The summed E-state index contributed by atoms with van der Waals surface area (Å²) >= 11 is 0. The van der Waals surface area contributed by atoms with Gasteiger partial charge in [0, 0.05) is 6.07 Å². The Bertz CT molecular complexity index is 863. The molecule has 0 saturated carbocycles. The van der Waals surface area contributed by atoms with Crippen molar-refractivity contribution in [2.24, 2.45) is 0 Å². The Balaban J connectivity index is 1.92. The molecule has 0 saturated heterocycles. The van der Waals surface area contributed by atoms with Crippen LogP contribution in [0.2, 0.25) is 0 Å². The van der Waals surface area contributed by atoms with E-state index in [2.05, 4.69) is 6.92 Å². The van der Waals surface area contributed by atoms with Crippen LogP contribution in [0.1, 0.15) is 76.7 Å². The third-order valence-corrected chi connectivity index (χ3v) is 6.13. The van der Waals surface area contributed by atoms with Gasteiger partial charge in [0.25, 0.3) is 10.1 Å². The van der Waals surface area contributed by atoms with Crippen molar-refractivity contribution < 1.29 is 22.8 Å². The first-order chi connectivity index (χ1) is 14.4. The van der Waals surface area contributed by atoms with E-state index in [0.29, 0.717) is 17.7 Å². The normalized spacial score (nSPS) is 11.5. The van der Waals surface area contributed by atoms with E-state index >= 15 is 0 Å². The number of para-hydroxylation sites is 1. The van der Waals surface area contributed by atoms with E-state index in [9.17, 15) is 18.1 Å². The van der Waals surface area contributed by atoms with E-state index in [0.717, 1.165) is 25.3 Å². The van der Waals surface area contributed by atoms with Crippen molar-refractivity contribution in [1.82, 2.24) is 0 Å². The van der Waals surface area contributed by atoms with Crippen LogP contribution in [0.15, 0.2) is 47.4 Å². The molecule has 166 valence electrons. The average Bonchev–Trinajstić information content (AvgIpc) is 2.71. The number of hydrogen-bond donors (Lipinski definition) is 2. The molecule has 0 aliphatic heterocycles. The van der Waals surface area contributed by atoms with Crippen molar-refractivity contribution in [3.05, 3.63) is 48.0 Å². The van der Waals surface area contributed by atoms with Crippen LogP contribution in [0.3, 0.4) is 0 Å². The molecule has 30 heavy (non-hydrogen) atoms. The van der Waals surface area contributed by atoms with Gasteiger partial charge in [-0.15, -0.1) is 0 Å². The molecule has 0 amide bonds. The molecular weight excluding hydrogens is 400 g/mol. The molecule has 2 rings (SSSR count). The van der Waals surface area contributed by atoms with Crippen molar-refractivity contribution in [2.45, 2.75) is 82.4 Å². The molecule has 5 nitrogen and oxygen atoms in total. The number of unbranched alkanes of at least 4 members (excludes halogenated alkanes) is 9. The molecule has 0 aliphatic rings. The molecule has 0 fully saturated rings. The van der Waals surface area contributed by atoms with Gasteiger partial charge in [-0.2, -0.15) is 8.42 Å². The highest BCUT2D eigenvalue weighted by Gasteiger charge is 2.19. The summed E-state index contributed by atoms with van der Waals surface area (Å²) in [5.74, 6) is 0.395. The molecule has 0 radical (unpaired) electrons. The molecule has 0 spiro atoms. The third-order valence-electron chi connectivity index (χ3n) is 5.19. The minimum absolute atomic E-state index is 0.177. The summed E-state index contributed by atoms with van der Waals surface area (Å²) in [6, 6.07) is 11.5. The van der Waals surface area contributed by atoms with E-state index in [1.54, 1.807) is 12.1 Å². The van der Waals surface area contributed by atoms with Gasteiger partial charge in [-0.25, -0.2) is 0 Å². The number of aromatic hydroxyl groups is 1. The van der Waals surface area contributed by atoms with Crippen molar-refractivity contribution in [3.8, 4) is 17.2 Å². The number of hydrogen-bond acceptors (Lipinski definition) is 4. The van der Waals surface area contributed by atoms with Crippen LogP contribution in [-0.2, 0) is 16.5 Å². The minimum atomic E-state index is -4.42. The lowest BCUT2D eigenvalue weighted by Crippen LogP contribution is -2.04. The lowest BCUT2D eigenvalue weighted by atomic mass is 10.0. The number of ether oxygens (including phenoxy) is 1. The molecule has 0 aliphatic carbocycles. The summed E-state index contributed by atoms with van der Waals surface area (Å²) in [7, 11) is -4.42. The molecule has 0 bridgehead atoms. The lowest BCUT2D eigenvalue weighted by molar-refractivity contribution is 0.407. The summed E-state index contributed by atoms with van der Waals surface area (Å²) < 4.78 is 38.8. The van der Waals surface area contributed by atoms with Gasteiger partial charge in [-0.05, 0) is 36.6 Å². The van der Waals surface area contributed by atoms with Crippen LogP contribution >= 0.6 is 0 Å². The summed E-state index contributed by atoms with van der Waals surface area (Å²) in [5.41, 5.74) is 0.459. The third kappa shape index (κ3) is 8.36.